The van der Waals surface area contributed by atoms with Gasteiger partial charge in [0.15, 0.2) is 0 Å². The highest BCUT2D eigenvalue weighted by Gasteiger charge is 2.26. The first-order valence-corrected chi connectivity index (χ1v) is 5.96. The maximum atomic E-state index is 11.3. The molecule has 2 N–H and O–H groups in total. The maximum Gasteiger partial charge on any atom is 0.322 e. The molecule has 0 heterocycles. The lowest BCUT2D eigenvalue weighted by molar-refractivity contribution is -0.152. The Morgan fingerprint density at radius 3 is 2.13 bits per heavy atom. The summed E-state index contributed by atoms with van der Waals surface area (Å²) in [6.45, 7) is 6.19. The Hall–Kier alpha value is -0.570. The normalized spacial score (nSPS) is 28.9. The molecule has 0 saturated heterocycles. The minimum Gasteiger partial charge on any atom is -0.461 e. The van der Waals surface area contributed by atoms with E-state index in [-0.39, 0.29) is 12.1 Å². The highest BCUT2D eigenvalue weighted by atomic mass is 16.5. The van der Waals surface area contributed by atoms with Crippen molar-refractivity contribution in [1.82, 2.24) is 0 Å². The summed E-state index contributed by atoms with van der Waals surface area (Å²) in [6, 6.07) is -0.493. The van der Waals surface area contributed by atoms with Crippen molar-refractivity contribution in [3.05, 3.63) is 0 Å². The van der Waals surface area contributed by atoms with E-state index in [2.05, 4.69) is 13.8 Å². The van der Waals surface area contributed by atoms with Crippen molar-refractivity contribution in [3.8, 4) is 0 Å². The maximum absolute atomic E-state index is 11.3. The fourth-order valence-corrected chi connectivity index (χ4v) is 2.14. The SMILES string of the molecule is CC(C)C1CCC(OC(=O)[C@H](C)N)CC1. The lowest BCUT2D eigenvalue weighted by Gasteiger charge is -2.30. The van der Waals surface area contributed by atoms with Crippen LogP contribution in [0.15, 0.2) is 0 Å². The van der Waals surface area contributed by atoms with E-state index in [1.807, 2.05) is 0 Å². The van der Waals surface area contributed by atoms with Gasteiger partial charge in [-0.15, -0.1) is 0 Å². The van der Waals surface area contributed by atoms with Crippen LogP contribution < -0.4 is 5.73 Å². The molecule has 0 amide bonds. The molecule has 0 bridgehead atoms. The van der Waals surface area contributed by atoms with Crippen molar-refractivity contribution in [3.63, 3.8) is 0 Å². The van der Waals surface area contributed by atoms with E-state index in [9.17, 15) is 4.79 Å². The fourth-order valence-electron chi connectivity index (χ4n) is 2.14. The Morgan fingerprint density at radius 2 is 1.73 bits per heavy atom. The van der Waals surface area contributed by atoms with Crippen LogP contribution >= 0.6 is 0 Å². The zero-order chi connectivity index (χ0) is 11.4. The molecule has 1 atom stereocenters. The van der Waals surface area contributed by atoms with Crippen LogP contribution in [0.5, 0.6) is 0 Å². The molecule has 3 heteroatoms. The molecule has 0 spiro atoms. The van der Waals surface area contributed by atoms with Gasteiger partial charge < -0.3 is 10.5 Å². The van der Waals surface area contributed by atoms with Crippen molar-refractivity contribution in [1.29, 1.82) is 0 Å². The molecule has 3 nitrogen and oxygen atoms in total. The Labute approximate surface area is 92.4 Å². The molecule has 0 radical (unpaired) electrons. The molecule has 1 aliphatic carbocycles. The van der Waals surface area contributed by atoms with Crippen LogP contribution in [0.3, 0.4) is 0 Å². The Balaban J connectivity index is 2.29. The summed E-state index contributed by atoms with van der Waals surface area (Å²) in [6.07, 6.45) is 4.46. The number of nitrogens with two attached hydrogens (primary N) is 1. The summed E-state index contributed by atoms with van der Waals surface area (Å²) < 4.78 is 5.32. The van der Waals surface area contributed by atoms with Crippen LogP contribution in [-0.2, 0) is 9.53 Å². The summed E-state index contributed by atoms with van der Waals surface area (Å²) in [7, 11) is 0. The first-order chi connectivity index (χ1) is 7.00. The standard InChI is InChI=1S/C12H23NO2/c1-8(2)10-4-6-11(7-5-10)15-12(14)9(3)13/h8-11H,4-7,13H2,1-3H3/t9-,10?,11?/m0/s1. The Morgan fingerprint density at radius 1 is 1.20 bits per heavy atom. The van der Waals surface area contributed by atoms with Crippen LogP contribution in [0, 0.1) is 11.8 Å². The van der Waals surface area contributed by atoms with Crippen molar-refractivity contribution >= 4 is 5.97 Å². The van der Waals surface area contributed by atoms with Gasteiger partial charge in [-0.25, -0.2) is 0 Å². The number of hydrogen-bond acceptors (Lipinski definition) is 3. The van der Waals surface area contributed by atoms with Gasteiger partial charge in [0.05, 0.1) is 0 Å². The number of carbonyl (C=O) groups is 1. The predicted octanol–water partition coefficient (Wildman–Crippen LogP) is 2.09. The summed E-state index contributed by atoms with van der Waals surface area (Å²) >= 11 is 0. The van der Waals surface area contributed by atoms with E-state index >= 15 is 0 Å². The first-order valence-electron chi connectivity index (χ1n) is 5.96. The quantitative estimate of drug-likeness (QED) is 0.730. The summed E-state index contributed by atoms with van der Waals surface area (Å²) in [5.74, 6) is 1.29. The lowest BCUT2D eigenvalue weighted by Crippen LogP contribution is -2.34. The highest BCUT2D eigenvalue weighted by molar-refractivity contribution is 5.75. The van der Waals surface area contributed by atoms with E-state index < -0.39 is 6.04 Å². The van der Waals surface area contributed by atoms with Crippen molar-refractivity contribution in [2.75, 3.05) is 0 Å². The van der Waals surface area contributed by atoms with Gasteiger partial charge >= 0.3 is 5.97 Å². The fraction of sp³-hybridized carbons (Fsp3) is 0.917. The summed E-state index contributed by atoms with van der Waals surface area (Å²) in [4.78, 5) is 11.3. The average molecular weight is 213 g/mol. The van der Waals surface area contributed by atoms with Crippen molar-refractivity contribution in [2.45, 2.75) is 58.6 Å². The average Bonchev–Trinajstić information content (AvgIpc) is 2.18. The minimum atomic E-state index is -0.493. The van der Waals surface area contributed by atoms with Crippen LogP contribution in [0.25, 0.3) is 0 Å². The third-order valence-electron chi connectivity index (χ3n) is 3.32. The minimum absolute atomic E-state index is 0.110. The molecule has 0 aliphatic heterocycles. The van der Waals surface area contributed by atoms with E-state index in [0.29, 0.717) is 0 Å². The smallest absolute Gasteiger partial charge is 0.322 e. The van der Waals surface area contributed by atoms with Gasteiger partial charge in [-0.2, -0.15) is 0 Å². The van der Waals surface area contributed by atoms with E-state index in [4.69, 9.17) is 10.5 Å². The van der Waals surface area contributed by atoms with Crippen molar-refractivity contribution in [2.24, 2.45) is 17.6 Å². The van der Waals surface area contributed by atoms with Crippen LogP contribution in [-0.4, -0.2) is 18.1 Å². The highest BCUT2D eigenvalue weighted by Crippen LogP contribution is 2.31. The monoisotopic (exact) mass is 213 g/mol. The molecular formula is C12H23NO2. The van der Waals surface area contributed by atoms with Crippen LogP contribution in [0.4, 0.5) is 0 Å². The van der Waals surface area contributed by atoms with E-state index in [0.717, 1.165) is 24.7 Å². The molecular weight excluding hydrogens is 190 g/mol. The van der Waals surface area contributed by atoms with Crippen LogP contribution in [0.2, 0.25) is 0 Å². The molecule has 0 aromatic carbocycles. The molecule has 1 saturated carbocycles. The van der Waals surface area contributed by atoms with Gasteiger partial charge in [0.1, 0.15) is 12.1 Å². The van der Waals surface area contributed by atoms with Crippen molar-refractivity contribution < 1.29 is 9.53 Å². The molecule has 15 heavy (non-hydrogen) atoms. The summed E-state index contributed by atoms with van der Waals surface area (Å²) in [5, 5.41) is 0. The molecule has 0 unspecified atom stereocenters. The topological polar surface area (TPSA) is 52.3 Å². The number of rotatable bonds is 3. The number of hydrogen-bond donors (Lipinski definition) is 1. The molecule has 1 aliphatic rings. The largest absolute Gasteiger partial charge is 0.461 e. The number of esters is 1. The molecule has 1 fully saturated rings. The summed E-state index contributed by atoms with van der Waals surface area (Å²) in [5.41, 5.74) is 5.45. The molecule has 0 aromatic heterocycles. The third kappa shape index (κ3) is 3.82. The molecule has 1 rings (SSSR count). The van der Waals surface area contributed by atoms with Gasteiger partial charge in [0.2, 0.25) is 0 Å². The van der Waals surface area contributed by atoms with Gasteiger partial charge in [-0.1, -0.05) is 13.8 Å². The first kappa shape index (κ1) is 12.5. The third-order valence-corrected chi connectivity index (χ3v) is 3.32. The number of ether oxygens (including phenoxy) is 1. The van der Waals surface area contributed by atoms with E-state index in [1.54, 1.807) is 6.92 Å². The molecule has 88 valence electrons. The molecule has 0 aromatic rings. The zero-order valence-corrected chi connectivity index (χ0v) is 10.0. The lowest BCUT2D eigenvalue weighted by atomic mass is 9.80. The predicted molar refractivity (Wildman–Crippen MR) is 60.3 cm³/mol. The van der Waals surface area contributed by atoms with Crippen LogP contribution in [0.1, 0.15) is 46.5 Å². The second-order valence-electron chi connectivity index (χ2n) is 5.01. The Bertz CT molecular complexity index is 206. The van der Waals surface area contributed by atoms with Gasteiger partial charge in [-0.05, 0) is 44.4 Å². The zero-order valence-electron chi connectivity index (χ0n) is 10.0. The van der Waals surface area contributed by atoms with Gasteiger partial charge in [-0.3, -0.25) is 4.79 Å². The second kappa shape index (κ2) is 5.50. The van der Waals surface area contributed by atoms with E-state index in [1.165, 1.54) is 12.8 Å². The van der Waals surface area contributed by atoms with Gasteiger partial charge in [0.25, 0.3) is 0 Å². The Kier molecular flexibility index (Phi) is 4.58. The van der Waals surface area contributed by atoms with Gasteiger partial charge in [0, 0.05) is 0 Å². The number of carbonyl (C=O) groups excluding carboxylic acids is 1. The second-order valence-corrected chi connectivity index (χ2v) is 5.01.